The molecule has 1 aliphatic heterocycles. The molecule has 0 saturated carbocycles. The van der Waals surface area contributed by atoms with Crippen molar-refractivity contribution in [2.75, 3.05) is 31.6 Å². The number of anilines is 1. The fourth-order valence-corrected chi connectivity index (χ4v) is 4.58. The van der Waals surface area contributed by atoms with E-state index in [1.165, 1.54) is 4.88 Å². The van der Waals surface area contributed by atoms with Gasteiger partial charge in [0.15, 0.2) is 5.13 Å². The maximum atomic E-state index is 12.0. The van der Waals surface area contributed by atoms with E-state index in [4.69, 9.17) is 9.47 Å². The van der Waals surface area contributed by atoms with Crippen molar-refractivity contribution in [2.24, 2.45) is 0 Å². The summed E-state index contributed by atoms with van der Waals surface area (Å²) in [5.41, 5.74) is 2.09. The monoisotopic (exact) mass is 373 g/mol. The number of aryl methyl sites for hydroxylation is 1. The first-order chi connectivity index (χ1) is 12.8. The second kappa shape index (κ2) is 8.16. The Labute approximate surface area is 157 Å². The number of aromatic nitrogens is 1. The Morgan fingerprint density at radius 2 is 2.12 bits per heavy atom. The summed E-state index contributed by atoms with van der Waals surface area (Å²) < 4.78 is 10.7. The molecule has 1 fully saturated rings. The summed E-state index contributed by atoms with van der Waals surface area (Å²) in [6, 6.07) is 10.2. The van der Waals surface area contributed by atoms with Crippen molar-refractivity contribution in [3.8, 4) is 0 Å². The van der Waals surface area contributed by atoms with Crippen molar-refractivity contribution < 1.29 is 14.3 Å². The number of thiazole rings is 1. The van der Waals surface area contributed by atoms with E-state index in [0.717, 1.165) is 56.8 Å². The third kappa shape index (κ3) is 4.23. The van der Waals surface area contributed by atoms with Gasteiger partial charge in [-0.15, -0.1) is 11.3 Å². The average molecular weight is 373 g/mol. The number of fused-ring (bicyclic) bond motifs is 1. The van der Waals surface area contributed by atoms with E-state index in [-0.39, 0.29) is 6.61 Å². The van der Waals surface area contributed by atoms with Gasteiger partial charge in [-0.05, 0) is 24.8 Å². The average Bonchev–Trinajstić information content (AvgIpc) is 3.09. The van der Waals surface area contributed by atoms with Gasteiger partial charge in [-0.1, -0.05) is 30.3 Å². The molecule has 1 aromatic carbocycles. The molecule has 7 heteroatoms. The van der Waals surface area contributed by atoms with Crippen LogP contribution in [-0.2, 0) is 28.9 Å². The van der Waals surface area contributed by atoms with Crippen molar-refractivity contribution in [2.45, 2.75) is 31.9 Å². The Kier molecular flexibility index (Phi) is 5.48. The van der Waals surface area contributed by atoms with Crippen LogP contribution in [0.5, 0.6) is 0 Å². The van der Waals surface area contributed by atoms with E-state index in [0.29, 0.717) is 11.2 Å². The summed E-state index contributed by atoms with van der Waals surface area (Å²) >= 11 is 1.57. The summed E-state index contributed by atoms with van der Waals surface area (Å²) in [5.74, 6) is 0. The van der Waals surface area contributed by atoms with Gasteiger partial charge in [0.05, 0.1) is 18.9 Å². The predicted molar refractivity (Wildman–Crippen MR) is 101 cm³/mol. The predicted octanol–water partition coefficient (Wildman–Crippen LogP) is 3.08. The SMILES string of the molecule is O=C(Nc1nc2c(s1)C[C@@H](N1CCOCC1)CC2)OCc1ccccc1. The zero-order valence-electron chi connectivity index (χ0n) is 14.6. The van der Waals surface area contributed by atoms with Crippen LogP contribution in [0.3, 0.4) is 0 Å². The zero-order valence-corrected chi connectivity index (χ0v) is 15.5. The zero-order chi connectivity index (χ0) is 17.8. The summed E-state index contributed by atoms with van der Waals surface area (Å²) in [4.78, 5) is 20.4. The van der Waals surface area contributed by atoms with Gasteiger partial charge in [0.2, 0.25) is 0 Å². The number of hydrogen-bond donors (Lipinski definition) is 1. The first kappa shape index (κ1) is 17.5. The highest BCUT2D eigenvalue weighted by atomic mass is 32.1. The van der Waals surface area contributed by atoms with Crippen LogP contribution in [0.2, 0.25) is 0 Å². The largest absolute Gasteiger partial charge is 0.444 e. The van der Waals surface area contributed by atoms with Gasteiger partial charge in [-0.3, -0.25) is 10.2 Å². The van der Waals surface area contributed by atoms with Gasteiger partial charge >= 0.3 is 6.09 Å². The molecular formula is C19H23N3O3S. The van der Waals surface area contributed by atoms with Crippen LogP contribution in [0.25, 0.3) is 0 Å². The number of morpholine rings is 1. The Morgan fingerprint density at radius 3 is 2.92 bits per heavy atom. The molecule has 0 spiro atoms. The van der Waals surface area contributed by atoms with Gasteiger partial charge in [-0.25, -0.2) is 9.78 Å². The highest BCUT2D eigenvalue weighted by molar-refractivity contribution is 7.15. The van der Waals surface area contributed by atoms with Gasteiger partial charge in [0.1, 0.15) is 6.61 Å². The van der Waals surface area contributed by atoms with Crippen LogP contribution in [-0.4, -0.2) is 48.3 Å². The fourth-order valence-electron chi connectivity index (χ4n) is 3.51. The van der Waals surface area contributed by atoms with Crippen LogP contribution in [0.1, 0.15) is 22.6 Å². The number of amides is 1. The molecule has 1 saturated heterocycles. The molecule has 138 valence electrons. The van der Waals surface area contributed by atoms with Gasteiger partial charge in [-0.2, -0.15) is 0 Å². The number of benzene rings is 1. The lowest BCUT2D eigenvalue weighted by Crippen LogP contribution is -2.45. The molecule has 1 atom stereocenters. The van der Waals surface area contributed by atoms with Crippen LogP contribution in [0, 0.1) is 0 Å². The molecule has 2 heterocycles. The molecule has 6 nitrogen and oxygen atoms in total. The minimum atomic E-state index is -0.454. The summed E-state index contributed by atoms with van der Waals surface area (Å²) in [5, 5.41) is 3.41. The molecular weight excluding hydrogens is 350 g/mol. The number of rotatable bonds is 4. The van der Waals surface area contributed by atoms with E-state index in [2.05, 4.69) is 15.2 Å². The number of carbonyl (C=O) groups is 1. The van der Waals surface area contributed by atoms with Crippen molar-refractivity contribution in [1.29, 1.82) is 0 Å². The van der Waals surface area contributed by atoms with Crippen LogP contribution in [0.15, 0.2) is 30.3 Å². The van der Waals surface area contributed by atoms with Crippen LogP contribution in [0.4, 0.5) is 9.93 Å². The molecule has 1 N–H and O–H groups in total. The molecule has 1 aliphatic carbocycles. The van der Waals surface area contributed by atoms with Crippen LogP contribution >= 0.6 is 11.3 Å². The molecule has 2 aliphatic rings. The maximum Gasteiger partial charge on any atom is 0.413 e. The van der Waals surface area contributed by atoms with Crippen molar-refractivity contribution >= 4 is 22.6 Å². The third-order valence-corrected chi connectivity index (χ3v) is 5.93. The Morgan fingerprint density at radius 1 is 1.31 bits per heavy atom. The van der Waals surface area contributed by atoms with Crippen LogP contribution < -0.4 is 5.32 Å². The molecule has 0 unspecified atom stereocenters. The highest BCUT2D eigenvalue weighted by Gasteiger charge is 2.28. The molecule has 0 bridgehead atoms. The molecule has 0 radical (unpaired) electrons. The smallest absolute Gasteiger partial charge is 0.413 e. The second-order valence-electron chi connectivity index (χ2n) is 6.62. The minimum absolute atomic E-state index is 0.261. The fraction of sp³-hybridized carbons (Fsp3) is 0.474. The Hall–Kier alpha value is -1.96. The lowest BCUT2D eigenvalue weighted by Gasteiger charge is -2.36. The molecule has 2 aromatic rings. The number of carbonyl (C=O) groups excluding carboxylic acids is 1. The quantitative estimate of drug-likeness (QED) is 0.892. The van der Waals surface area contributed by atoms with E-state index in [9.17, 15) is 4.79 Å². The lowest BCUT2D eigenvalue weighted by atomic mass is 9.96. The van der Waals surface area contributed by atoms with Gasteiger partial charge in [0, 0.05) is 24.0 Å². The number of nitrogens with zero attached hydrogens (tertiary/aromatic N) is 2. The lowest BCUT2D eigenvalue weighted by molar-refractivity contribution is 0.0139. The summed E-state index contributed by atoms with van der Waals surface area (Å²) in [7, 11) is 0. The van der Waals surface area contributed by atoms with Crippen molar-refractivity contribution in [1.82, 2.24) is 9.88 Å². The standard InChI is InChI=1S/C19H23N3O3S/c23-19(25-13-14-4-2-1-3-5-14)21-18-20-16-7-6-15(12-17(16)26-18)22-8-10-24-11-9-22/h1-5,15H,6-13H2,(H,20,21,23)/t15-/m0/s1. The summed E-state index contributed by atoms with van der Waals surface area (Å²) in [6.07, 6.45) is 2.64. The molecule has 1 aromatic heterocycles. The third-order valence-electron chi connectivity index (χ3n) is 4.90. The topological polar surface area (TPSA) is 63.7 Å². The molecule has 26 heavy (non-hydrogen) atoms. The molecule has 4 rings (SSSR count). The van der Waals surface area contributed by atoms with E-state index >= 15 is 0 Å². The first-order valence-corrected chi connectivity index (χ1v) is 9.87. The van der Waals surface area contributed by atoms with Crippen molar-refractivity contribution in [3.63, 3.8) is 0 Å². The highest BCUT2D eigenvalue weighted by Crippen LogP contribution is 2.32. The van der Waals surface area contributed by atoms with Gasteiger partial charge < -0.3 is 9.47 Å². The first-order valence-electron chi connectivity index (χ1n) is 9.06. The maximum absolute atomic E-state index is 12.0. The van der Waals surface area contributed by atoms with E-state index < -0.39 is 6.09 Å². The van der Waals surface area contributed by atoms with Gasteiger partial charge in [0.25, 0.3) is 0 Å². The van der Waals surface area contributed by atoms with E-state index in [1.807, 2.05) is 30.3 Å². The normalized spacial score (nSPS) is 20.4. The number of hydrogen-bond acceptors (Lipinski definition) is 6. The minimum Gasteiger partial charge on any atom is -0.444 e. The number of nitrogens with one attached hydrogen (secondary N) is 1. The van der Waals surface area contributed by atoms with E-state index in [1.54, 1.807) is 11.3 Å². The number of ether oxygens (including phenoxy) is 2. The summed E-state index contributed by atoms with van der Waals surface area (Å²) in [6.45, 7) is 3.93. The Bertz CT molecular complexity index is 744. The second-order valence-corrected chi connectivity index (χ2v) is 7.70. The Balaban J connectivity index is 1.32. The molecule has 1 amide bonds. The van der Waals surface area contributed by atoms with Crippen molar-refractivity contribution in [3.05, 3.63) is 46.5 Å².